The lowest BCUT2D eigenvalue weighted by Gasteiger charge is -2.11. The first-order chi connectivity index (χ1) is 12.1. The van der Waals surface area contributed by atoms with Crippen LogP contribution in [0, 0.1) is 6.92 Å². The van der Waals surface area contributed by atoms with Crippen molar-refractivity contribution in [3.63, 3.8) is 0 Å². The maximum atomic E-state index is 12.8. The number of hydrogen-bond donors (Lipinski definition) is 2. The van der Waals surface area contributed by atoms with E-state index in [4.69, 9.17) is 5.73 Å². The summed E-state index contributed by atoms with van der Waals surface area (Å²) < 4.78 is 1.81. The molecule has 25 heavy (non-hydrogen) atoms. The summed E-state index contributed by atoms with van der Waals surface area (Å²) in [7, 11) is 0. The number of benzene rings is 2. The molecule has 0 atom stereocenters. The maximum Gasteiger partial charge on any atom is 0.262 e. The summed E-state index contributed by atoms with van der Waals surface area (Å²) in [5.74, 6) is 0. The number of nitrogens with zero attached hydrogens (tertiary/aromatic N) is 2. The van der Waals surface area contributed by atoms with Crippen molar-refractivity contribution < 1.29 is 0 Å². The molecule has 0 fully saturated rings. The molecule has 5 heteroatoms. The number of aromatic nitrogens is 3. The third-order valence-electron chi connectivity index (χ3n) is 4.76. The lowest BCUT2D eigenvalue weighted by Crippen LogP contribution is -2.20. The van der Waals surface area contributed by atoms with Crippen LogP contribution in [-0.4, -0.2) is 14.8 Å². The van der Waals surface area contributed by atoms with Crippen molar-refractivity contribution in [3.8, 4) is 11.1 Å². The number of aromatic amines is 1. The Morgan fingerprint density at radius 1 is 1.16 bits per heavy atom. The Labute approximate surface area is 145 Å². The molecule has 0 aliphatic carbocycles. The molecule has 0 saturated heterocycles. The zero-order chi connectivity index (χ0) is 17.6. The van der Waals surface area contributed by atoms with Gasteiger partial charge in [-0.25, -0.2) is 0 Å². The number of rotatable bonds is 3. The third-order valence-corrected chi connectivity index (χ3v) is 4.76. The number of H-pyrrole nitrogens is 1. The molecule has 0 unspecified atom stereocenters. The van der Waals surface area contributed by atoms with E-state index in [1.165, 1.54) is 0 Å². The molecule has 2 aromatic heterocycles. The Morgan fingerprint density at radius 2 is 1.96 bits per heavy atom. The van der Waals surface area contributed by atoms with Gasteiger partial charge in [-0.05, 0) is 48.7 Å². The molecule has 0 bridgehead atoms. The third kappa shape index (κ3) is 2.36. The Morgan fingerprint density at radius 3 is 2.72 bits per heavy atom. The Kier molecular flexibility index (Phi) is 3.66. The molecule has 0 amide bonds. The predicted molar refractivity (Wildman–Crippen MR) is 102 cm³/mol. The summed E-state index contributed by atoms with van der Waals surface area (Å²) in [4.78, 5) is 12.8. The van der Waals surface area contributed by atoms with E-state index in [2.05, 4.69) is 34.5 Å². The number of aryl methyl sites for hydroxylation is 2. The van der Waals surface area contributed by atoms with Crippen LogP contribution in [0.25, 0.3) is 32.9 Å². The fraction of sp³-hybridized carbons (Fsp3) is 0.200. The molecule has 0 aliphatic heterocycles. The Hall–Kier alpha value is -2.92. The van der Waals surface area contributed by atoms with Crippen LogP contribution in [0.15, 0.2) is 47.3 Å². The van der Waals surface area contributed by atoms with Crippen LogP contribution in [0.1, 0.15) is 18.2 Å². The van der Waals surface area contributed by atoms with Gasteiger partial charge in [-0.1, -0.05) is 24.3 Å². The van der Waals surface area contributed by atoms with Crippen molar-refractivity contribution in [3.05, 3.63) is 64.1 Å². The molecule has 0 aliphatic rings. The molecule has 4 rings (SSSR count). The van der Waals surface area contributed by atoms with Crippen LogP contribution in [0.5, 0.6) is 0 Å². The van der Waals surface area contributed by atoms with Crippen LogP contribution < -0.4 is 11.3 Å². The first-order valence-electron chi connectivity index (χ1n) is 8.44. The smallest absolute Gasteiger partial charge is 0.262 e. The standard InChI is InChI=1S/C20H20N4O/c1-3-24-17-8-7-15(14-6-4-5-13(9-14)11-21)10-16(17)19-18(20(24)25)12(2)22-23-19/h4-10H,3,11,21H2,1-2H3,(H,22,23). The van der Waals surface area contributed by atoms with E-state index in [1.807, 2.05) is 32.0 Å². The highest BCUT2D eigenvalue weighted by Gasteiger charge is 2.15. The van der Waals surface area contributed by atoms with E-state index < -0.39 is 0 Å². The largest absolute Gasteiger partial charge is 0.326 e. The van der Waals surface area contributed by atoms with Gasteiger partial charge in [-0.3, -0.25) is 9.89 Å². The number of pyridine rings is 1. The summed E-state index contributed by atoms with van der Waals surface area (Å²) >= 11 is 0. The van der Waals surface area contributed by atoms with Crippen LogP contribution in [0.3, 0.4) is 0 Å². The van der Waals surface area contributed by atoms with Gasteiger partial charge < -0.3 is 10.3 Å². The summed E-state index contributed by atoms with van der Waals surface area (Å²) in [6.07, 6.45) is 0. The zero-order valence-corrected chi connectivity index (χ0v) is 14.3. The van der Waals surface area contributed by atoms with Crippen LogP contribution in [0.4, 0.5) is 0 Å². The fourth-order valence-electron chi connectivity index (χ4n) is 3.46. The van der Waals surface area contributed by atoms with Crippen molar-refractivity contribution in [1.29, 1.82) is 0 Å². The van der Waals surface area contributed by atoms with Gasteiger partial charge in [0.15, 0.2) is 0 Å². The molecule has 0 saturated carbocycles. The Bertz CT molecular complexity index is 1150. The van der Waals surface area contributed by atoms with Gasteiger partial charge >= 0.3 is 0 Å². The molecule has 0 spiro atoms. The van der Waals surface area contributed by atoms with Crippen LogP contribution in [0.2, 0.25) is 0 Å². The van der Waals surface area contributed by atoms with E-state index in [0.29, 0.717) is 18.5 Å². The van der Waals surface area contributed by atoms with Gasteiger partial charge in [0.1, 0.15) is 5.52 Å². The minimum Gasteiger partial charge on any atom is -0.326 e. The summed E-state index contributed by atoms with van der Waals surface area (Å²) in [6.45, 7) is 5.01. The molecule has 2 aromatic carbocycles. The average Bonchev–Trinajstić information content (AvgIpc) is 3.04. The lowest BCUT2D eigenvalue weighted by atomic mass is 10.00. The van der Waals surface area contributed by atoms with Gasteiger partial charge in [0, 0.05) is 24.2 Å². The molecular weight excluding hydrogens is 312 g/mol. The van der Waals surface area contributed by atoms with Crippen molar-refractivity contribution in [1.82, 2.24) is 14.8 Å². The van der Waals surface area contributed by atoms with Gasteiger partial charge in [0.2, 0.25) is 0 Å². The molecule has 0 radical (unpaired) electrons. The molecule has 4 aromatic rings. The zero-order valence-electron chi connectivity index (χ0n) is 14.3. The fourth-order valence-corrected chi connectivity index (χ4v) is 3.46. The normalized spacial score (nSPS) is 11.5. The van der Waals surface area contributed by atoms with Crippen LogP contribution >= 0.6 is 0 Å². The molecular formula is C20H20N4O. The molecule has 126 valence electrons. The summed E-state index contributed by atoms with van der Waals surface area (Å²) in [5, 5.41) is 9.00. The number of nitrogens with two attached hydrogens (primary N) is 1. The van der Waals surface area contributed by atoms with Gasteiger partial charge in [-0.15, -0.1) is 0 Å². The van der Waals surface area contributed by atoms with E-state index in [1.54, 1.807) is 4.57 Å². The number of nitrogens with one attached hydrogen (secondary N) is 1. The van der Waals surface area contributed by atoms with Gasteiger partial charge in [0.05, 0.1) is 10.9 Å². The second kappa shape index (κ2) is 5.86. The SMILES string of the molecule is CCn1c(=O)c2c(C)[nH]nc2c2cc(-c3cccc(CN)c3)ccc21. The van der Waals surface area contributed by atoms with Crippen molar-refractivity contribution in [2.45, 2.75) is 26.9 Å². The maximum absolute atomic E-state index is 12.8. The quantitative estimate of drug-likeness (QED) is 0.604. The highest BCUT2D eigenvalue weighted by atomic mass is 16.1. The van der Waals surface area contributed by atoms with Crippen molar-refractivity contribution in [2.75, 3.05) is 0 Å². The summed E-state index contributed by atoms with van der Waals surface area (Å²) in [5.41, 5.74) is 11.5. The summed E-state index contributed by atoms with van der Waals surface area (Å²) in [6, 6.07) is 14.4. The Balaban J connectivity index is 2.07. The van der Waals surface area contributed by atoms with Gasteiger partial charge in [-0.2, -0.15) is 5.10 Å². The minimum atomic E-state index is 0.00845. The molecule has 3 N–H and O–H groups in total. The lowest BCUT2D eigenvalue weighted by molar-refractivity contribution is 0.766. The first kappa shape index (κ1) is 15.6. The monoisotopic (exact) mass is 332 g/mol. The minimum absolute atomic E-state index is 0.00845. The number of fused-ring (bicyclic) bond motifs is 3. The van der Waals surface area contributed by atoms with Crippen molar-refractivity contribution >= 4 is 21.8 Å². The highest BCUT2D eigenvalue weighted by Crippen LogP contribution is 2.29. The molecule has 5 nitrogen and oxygen atoms in total. The number of hydrogen-bond acceptors (Lipinski definition) is 3. The van der Waals surface area contributed by atoms with E-state index >= 15 is 0 Å². The van der Waals surface area contributed by atoms with Crippen LogP contribution in [-0.2, 0) is 13.1 Å². The second-order valence-electron chi connectivity index (χ2n) is 6.26. The van der Waals surface area contributed by atoms with E-state index in [9.17, 15) is 4.79 Å². The van der Waals surface area contributed by atoms with Crippen molar-refractivity contribution in [2.24, 2.45) is 5.73 Å². The molecule has 2 heterocycles. The van der Waals surface area contributed by atoms with E-state index in [-0.39, 0.29) is 5.56 Å². The topological polar surface area (TPSA) is 76.7 Å². The second-order valence-corrected chi connectivity index (χ2v) is 6.26. The highest BCUT2D eigenvalue weighted by molar-refractivity contribution is 6.05. The van der Waals surface area contributed by atoms with E-state index in [0.717, 1.165) is 38.8 Å². The van der Waals surface area contributed by atoms with Gasteiger partial charge in [0.25, 0.3) is 5.56 Å². The average molecular weight is 332 g/mol. The predicted octanol–water partition coefficient (Wildman–Crippen LogP) is 3.33. The first-order valence-corrected chi connectivity index (χ1v) is 8.44.